The molecule has 142 valence electrons. The van der Waals surface area contributed by atoms with Crippen molar-refractivity contribution in [1.82, 2.24) is 10.9 Å². The summed E-state index contributed by atoms with van der Waals surface area (Å²) >= 11 is 0. The van der Waals surface area contributed by atoms with Gasteiger partial charge in [0.25, 0.3) is 5.91 Å². The predicted molar refractivity (Wildman–Crippen MR) is 97.4 cm³/mol. The van der Waals surface area contributed by atoms with Gasteiger partial charge in [0.05, 0.1) is 5.56 Å². The Labute approximate surface area is 157 Å². The van der Waals surface area contributed by atoms with Gasteiger partial charge in [-0.1, -0.05) is 32.0 Å². The third kappa shape index (κ3) is 4.19. The molecule has 1 aliphatic carbocycles. The van der Waals surface area contributed by atoms with E-state index in [9.17, 15) is 14.4 Å². The van der Waals surface area contributed by atoms with E-state index in [1.807, 2.05) is 19.9 Å². The van der Waals surface area contributed by atoms with Gasteiger partial charge in [-0.2, -0.15) is 0 Å². The number of ether oxygens (including phenoxy) is 1. The van der Waals surface area contributed by atoms with Gasteiger partial charge in [-0.25, -0.2) is 0 Å². The SMILES string of the molecule is Cc1c(C(=O)NNC(=O)COc2ccccc2)oc2c1C(=O)CC(C)(C)C2. The second kappa shape index (κ2) is 7.26. The molecular formula is C20H22N2O5. The van der Waals surface area contributed by atoms with Crippen LogP contribution in [0.15, 0.2) is 34.7 Å². The number of hydrazine groups is 1. The van der Waals surface area contributed by atoms with Crippen LogP contribution in [0, 0.1) is 12.3 Å². The van der Waals surface area contributed by atoms with Crippen LogP contribution in [-0.4, -0.2) is 24.2 Å². The average Bonchev–Trinajstić information content (AvgIpc) is 2.94. The number of carbonyl (C=O) groups excluding carboxylic acids is 3. The van der Waals surface area contributed by atoms with Crippen LogP contribution in [0.3, 0.4) is 0 Å². The number of ketones is 1. The summed E-state index contributed by atoms with van der Waals surface area (Å²) in [6, 6.07) is 8.87. The molecule has 1 aromatic carbocycles. The smallest absolute Gasteiger partial charge is 0.305 e. The number of Topliss-reactive ketones (excluding diaryl/α,β-unsaturated/α-hetero) is 1. The van der Waals surface area contributed by atoms with Crippen molar-refractivity contribution in [2.24, 2.45) is 5.41 Å². The minimum absolute atomic E-state index is 0.0261. The van der Waals surface area contributed by atoms with Crippen molar-refractivity contribution in [3.8, 4) is 5.75 Å². The molecule has 1 aliphatic rings. The highest BCUT2D eigenvalue weighted by Crippen LogP contribution is 2.38. The Balaban J connectivity index is 1.60. The summed E-state index contributed by atoms with van der Waals surface area (Å²) in [5, 5.41) is 0. The van der Waals surface area contributed by atoms with E-state index < -0.39 is 11.8 Å². The second-order valence-electron chi connectivity index (χ2n) is 7.40. The number of rotatable bonds is 4. The summed E-state index contributed by atoms with van der Waals surface area (Å²) in [5.41, 5.74) is 5.35. The minimum Gasteiger partial charge on any atom is -0.484 e. The maximum absolute atomic E-state index is 12.4. The topological polar surface area (TPSA) is 97.6 Å². The number of hydrogen-bond acceptors (Lipinski definition) is 5. The average molecular weight is 370 g/mol. The van der Waals surface area contributed by atoms with Crippen LogP contribution in [0.25, 0.3) is 0 Å². The van der Waals surface area contributed by atoms with Crippen LogP contribution in [0.5, 0.6) is 5.75 Å². The van der Waals surface area contributed by atoms with Gasteiger partial charge in [-0.05, 0) is 24.5 Å². The standard InChI is InChI=1S/C20H22N2O5/c1-12-17-14(23)9-20(2,3)10-15(17)27-18(12)19(25)22-21-16(24)11-26-13-7-5-4-6-8-13/h4-8H,9-11H2,1-3H3,(H,21,24)(H,22,25). The van der Waals surface area contributed by atoms with E-state index in [2.05, 4.69) is 10.9 Å². The predicted octanol–water partition coefficient (Wildman–Crippen LogP) is 2.58. The van der Waals surface area contributed by atoms with E-state index in [0.717, 1.165) is 0 Å². The van der Waals surface area contributed by atoms with Crippen LogP contribution >= 0.6 is 0 Å². The zero-order valence-corrected chi connectivity index (χ0v) is 15.5. The van der Waals surface area contributed by atoms with Crippen molar-refractivity contribution in [1.29, 1.82) is 0 Å². The lowest BCUT2D eigenvalue weighted by atomic mass is 9.76. The first-order valence-electron chi connectivity index (χ1n) is 8.69. The lowest BCUT2D eigenvalue weighted by Gasteiger charge is -2.27. The monoisotopic (exact) mass is 370 g/mol. The third-order valence-electron chi connectivity index (χ3n) is 4.41. The Bertz CT molecular complexity index is 883. The van der Waals surface area contributed by atoms with Crippen molar-refractivity contribution in [3.63, 3.8) is 0 Å². The highest BCUT2D eigenvalue weighted by Gasteiger charge is 2.37. The molecule has 2 aromatic rings. The molecule has 2 N–H and O–H groups in total. The van der Waals surface area contributed by atoms with Crippen molar-refractivity contribution < 1.29 is 23.5 Å². The van der Waals surface area contributed by atoms with Crippen molar-refractivity contribution >= 4 is 17.6 Å². The van der Waals surface area contributed by atoms with Gasteiger partial charge >= 0.3 is 5.91 Å². The molecular weight excluding hydrogens is 348 g/mol. The lowest BCUT2D eigenvalue weighted by Crippen LogP contribution is -2.43. The maximum atomic E-state index is 12.4. The number of amides is 2. The molecule has 0 fully saturated rings. The quantitative estimate of drug-likeness (QED) is 0.806. The fourth-order valence-corrected chi connectivity index (χ4v) is 3.18. The molecule has 1 aromatic heterocycles. The van der Waals surface area contributed by atoms with Crippen LogP contribution in [0.2, 0.25) is 0 Å². The Morgan fingerprint density at radius 1 is 1.15 bits per heavy atom. The molecule has 0 saturated heterocycles. The van der Waals surface area contributed by atoms with Crippen molar-refractivity contribution in [2.45, 2.75) is 33.6 Å². The fraction of sp³-hybridized carbons (Fsp3) is 0.350. The van der Waals surface area contributed by atoms with Gasteiger partial charge in [-0.3, -0.25) is 25.2 Å². The van der Waals surface area contributed by atoms with E-state index >= 15 is 0 Å². The van der Waals surface area contributed by atoms with Crippen LogP contribution in [0.1, 0.15) is 52.5 Å². The zero-order chi connectivity index (χ0) is 19.6. The number of nitrogens with one attached hydrogen (secondary N) is 2. The summed E-state index contributed by atoms with van der Waals surface area (Å²) in [4.78, 5) is 36.6. The van der Waals surface area contributed by atoms with Crippen LogP contribution in [0.4, 0.5) is 0 Å². The molecule has 0 radical (unpaired) electrons. The van der Waals surface area contributed by atoms with Crippen LogP contribution in [-0.2, 0) is 11.2 Å². The number of furan rings is 1. The van der Waals surface area contributed by atoms with Gasteiger partial charge in [0.1, 0.15) is 11.5 Å². The van der Waals surface area contributed by atoms with Gasteiger partial charge in [0.15, 0.2) is 18.2 Å². The Morgan fingerprint density at radius 2 is 1.85 bits per heavy atom. The van der Waals surface area contributed by atoms with Gasteiger partial charge in [0.2, 0.25) is 0 Å². The third-order valence-corrected chi connectivity index (χ3v) is 4.41. The molecule has 0 spiro atoms. The first-order chi connectivity index (χ1) is 12.8. The number of benzene rings is 1. The van der Waals surface area contributed by atoms with Crippen molar-refractivity contribution in [2.75, 3.05) is 6.61 Å². The van der Waals surface area contributed by atoms with Gasteiger partial charge in [0, 0.05) is 18.4 Å². The Morgan fingerprint density at radius 3 is 2.56 bits per heavy atom. The number of hydrogen-bond donors (Lipinski definition) is 2. The summed E-state index contributed by atoms with van der Waals surface area (Å²) in [6.45, 7) is 5.40. The molecule has 0 saturated carbocycles. The molecule has 2 amide bonds. The number of fused-ring (bicyclic) bond motifs is 1. The van der Waals surface area contributed by atoms with Gasteiger partial charge in [-0.15, -0.1) is 0 Å². The molecule has 7 nitrogen and oxygen atoms in total. The lowest BCUT2D eigenvalue weighted by molar-refractivity contribution is -0.123. The first kappa shape index (κ1) is 18.7. The molecule has 27 heavy (non-hydrogen) atoms. The first-order valence-corrected chi connectivity index (χ1v) is 8.69. The highest BCUT2D eigenvalue weighted by molar-refractivity contribution is 6.04. The summed E-state index contributed by atoms with van der Waals surface area (Å²) in [5.74, 6) is -0.0385. The molecule has 1 heterocycles. The molecule has 3 rings (SSSR count). The Hall–Kier alpha value is -3.09. The minimum atomic E-state index is -0.611. The van der Waals surface area contributed by atoms with E-state index in [-0.39, 0.29) is 23.6 Å². The maximum Gasteiger partial charge on any atom is 0.305 e. The summed E-state index contributed by atoms with van der Waals surface area (Å²) in [7, 11) is 0. The van der Waals surface area contributed by atoms with Gasteiger partial charge < -0.3 is 9.15 Å². The Kier molecular flexibility index (Phi) is 5.03. The number of para-hydroxylation sites is 1. The molecule has 0 atom stereocenters. The molecule has 0 aliphatic heterocycles. The van der Waals surface area contributed by atoms with E-state index in [1.165, 1.54) is 0 Å². The number of carbonyl (C=O) groups is 3. The fourth-order valence-electron chi connectivity index (χ4n) is 3.18. The molecule has 0 unspecified atom stereocenters. The van der Waals surface area contributed by atoms with E-state index in [0.29, 0.717) is 35.5 Å². The largest absolute Gasteiger partial charge is 0.484 e. The van der Waals surface area contributed by atoms with E-state index in [1.54, 1.807) is 31.2 Å². The highest BCUT2D eigenvalue weighted by atomic mass is 16.5. The second-order valence-corrected chi connectivity index (χ2v) is 7.40. The molecule has 0 bridgehead atoms. The molecule has 7 heteroatoms. The zero-order valence-electron chi connectivity index (χ0n) is 15.5. The summed E-state index contributed by atoms with van der Waals surface area (Å²) < 4.78 is 11.0. The van der Waals surface area contributed by atoms with E-state index in [4.69, 9.17) is 9.15 Å². The van der Waals surface area contributed by atoms with Crippen LogP contribution < -0.4 is 15.6 Å². The normalized spacial score (nSPS) is 15.0. The summed E-state index contributed by atoms with van der Waals surface area (Å²) in [6.07, 6.45) is 0.995. The van der Waals surface area contributed by atoms with Crippen molar-refractivity contribution in [3.05, 3.63) is 53.0 Å².